The number of carbonyl (C=O) groups excluding carboxylic acids is 1. The minimum atomic E-state index is -1.45. The standard InChI is InChI=1S/C20H16O3S/c1-23-20(21)18-9-5-6-10-19(18)24(22)17-13-11-16(12-14-17)15-7-3-2-4-8-15/h2-14H,1H3. The van der Waals surface area contributed by atoms with E-state index in [2.05, 4.69) is 0 Å². The predicted molar refractivity (Wildman–Crippen MR) is 94.3 cm³/mol. The SMILES string of the molecule is COC(=O)c1ccccc1[S+]([O-])c1ccc(-c2ccccc2)cc1. The maximum Gasteiger partial charge on any atom is 0.343 e. The van der Waals surface area contributed by atoms with Gasteiger partial charge >= 0.3 is 5.97 Å². The average Bonchev–Trinajstić information content (AvgIpc) is 2.67. The second-order valence-electron chi connectivity index (χ2n) is 5.15. The molecule has 0 saturated heterocycles. The molecule has 0 aliphatic heterocycles. The van der Waals surface area contributed by atoms with Crippen molar-refractivity contribution in [1.82, 2.24) is 0 Å². The number of ether oxygens (including phenoxy) is 1. The Morgan fingerprint density at radius 3 is 2.08 bits per heavy atom. The van der Waals surface area contributed by atoms with Crippen LogP contribution in [0.3, 0.4) is 0 Å². The van der Waals surface area contributed by atoms with E-state index in [1.54, 1.807) is 24.3 Å². The summed E-state index contributed by atoms with van der Waals surface area (Å²) in [4.78, 5) is 13.0. The highest BCUT2D eigenvalue weighted by molar-refractivity contribution is 7.91. The van der Waals surface area contributed by atoms with E-state index in [1.165, 1.54) is 7.11 Å². The predicted octanol–water partition coefficient (Wildman–Crippen LogP) is 4.31. The molecule has 1 atom stereocenters. The van der Waals surface area contributed by atoms with Crippen molar-refractivity contribution < 1.29 is 14.1 Å². The van der Waals surface area contributed by atoms with E-state index >= 15 is 0 Å². The van der Waals surface area contributed by atoms with Crippen LogP contribution in [-0.2, 0) is 15.9 Å². The zero-order valence-electron chi connectivity index (χ0n) is 13.1. The van der Waals surface area contributed by atoms with Crippen LogP contribution < -0.4 is 0 Å². The smallest absolute Gasteiger partial charge is 0.343 e. The average molecular weight is 336 g/mol. The molecule has 3 rings (SSSR count). The molecule has 0 spiro atoms. The van der Waals surface area contributed by atoms with Crippen molar-refractivity contribution in [2.45, 2.75) is 9.79 Å². The molecule has 0 heterocycles. The molecule has 0 fully saturated rings. The van der Waals surface area contributed by atoms with Crippen molar-refractivity contribution in [2.75, 3.05) is 7.11 Å². The van der Waals surface area contributed by atoms with Crippen molar-refractivity contribution in [2.24, 2.45) is 0 Å². The molecule has 0 N–H and O–H groups in total. The van der Waals surface area contributed by atoms with Crippen LogP contribution in [-0.4, -0.2) is 17.6 Å². The van der Waals surface area contributed by atoms with Gasteiger partial charge in [-0.05, 0) is 47.5 Å². The van der Waals surface area contributed by atoms with Gasteiger partial charge in [-0.2, -0.15) is 0 Å². The minimum absolute atomic E-state index is 0.325. The molecule has 1 unspecified atom stereocenters. The van der Waals surface area contributed by atoms with E-state index in [0.29, 0.717) is 15.4 Å². The first-order valence-electron chi connectivity index (χ1n) is 7.45. The molecule has 3 aromatic carbocycles. The number of hydrogen-bond donors (Lipinski definition) is 0. The van der Waals surface area contributed by atoms with Gasteiger partial charge in [0.05, 0.1) is 7.11 Å². The van der Waals surface area contributed by atoms with Gasteiger partial charge in [0.2, 0.25) is 0 Å². The Balaban J connectivity index is 1.91. The monoisotopic (exact) mass is 336 g/mol. The summed E-state index contributed by atoms with van der Waals surface area (Å²) in [5.74, 6) is -0.486. The summed E-state index contributed by atoms with van der Waals surface area (Å²) >= 11 is -1.45. The number of benzene rings is 3. The van der Waals surface area contributed by atoms with Crippen LogP contribution in [0.5, 0.6) is 0 Å². The summed E-state index contributed by atoms with van der Waals surface area (Å²) in [7, 11) is 1.32. The molecule has 0 aliphatic carbocycles. The quantitative estimate of drug-likeness (QED) is 0.527. The lowest BCUT2D eigenvalue weighted by Crippen LogP contribution is -2.11. The van der Waals surface area contributed by atoms with Gasteiger partial charge < -0.3 is 9.29 Å². The fourth-order valence-electron chi connectivity index (χ4n) is 2.44. The number of esters is 1. The Labute approximate surface area is 144 Å². The van der Waals surface area contributed by atoms with Crippen LogP contribution in [0.25, 0.3) is 11.1 Å². The van der Waals surface area contributed by atoms with Crippen LogP contribution >= 0.6 is 0 Å². The highest BCUT2D eigenvalue weighted by atomic mass is 32.2. The third-order valence-corrected chi connectivity index (χ3v) is 5.12. The lowest BCUT2D eigenvalue weighted by Gasteiger charge is -2.13. The van der Waals surface area contributed by atoms with Crippen molar-refractivity contribution in [1.29, 1.82) is 0 Å². The number of rotatable bonds is 4. The highest BCUT2D eigenvalue weighted by Gasteiger charge is 2.23. The van der Waals surface area contributed by atoms with Gasteiger partial charge in [0.1, 0.15) is 5.56 Å². The zero-order chi connectivity index (χ0) is 16.9. The molecule has 120 valence electrons. The summed E-state index contributed by atoms with van der Waals surface area (Å²) in [6, 6.07) is 24.3. The molecule has 0 amide bonds. The van der Waals surface area contributed by atoms with Crippen molar-refractivity contribution in [3.05, 3.63) is 84.4 Å². The Bertz CT molecular complexity index is 829. The molecule has 4 heteroatoms. The molecule has 0 aromatic heterocycles. The van der Waals surface area contributed by atoms with Gasteiger partial charge in [0.25, 0.3) is 0 Å². The van der Waals surface area contributed by atoms with E-state index in [0.717, 1.165) is 11.1 Å². The van der Waals surface area contributed by atoms with Crippen LogP contribution in [0.1, 0.15) is 10.4 Å². The van der Waals surface area contributed by atoms with E-state index in [4.69, 9.17) is 4.74 Å². The first-order chi connectivity index (χ1) is 11.7. The normalized spacial score (nSPS) is 11.8. The molecule has 0 saturated carbocycles. The molecule has 3 nitrogen and oxygen atoms in total. The third kappa shape index (κ3) is 3.35. The number of carbonyl (C=O) groups is 1. The Morgan fingerprint density at radius 2 is 1.42 bits per heavy atom. The lowest BCUT2D eigenvalue weighted by atomic mass is 10.1. The van der Waals surface area contributed by atoms with Gasteiger partial charge in [0.15, 0.2) is 9.79 Å². The van der Waals surface area contributed by atoms with E-state index < -0.39 is 17.1 Å². The summed E-state index contributed by atoms with van der Waals surface area (Å²) in [6.45, 7) is 0. The summed E-state index contributed by atoms with van der Waals surface area (Å²) in [5.41, 5.74) is 2.48. The summed E-state index contributed by atoms with van der Waals surface area (Å²) in [5, 5.41) is 0. The van der Waals surface area contributed by atoms with Gasteiger partial charge in [0, 0.05) is 11.2 Å². The molecule has 24 heavy (non-hydrogen) atoms. The number of hydrogen-bond acceptors (Lipinski definition) is 3. The minimum Gasteiger partial charge on any atom is -0.606 e. The maximum atomic E-state index is 12.8. The summed E-state index contributed by atoms with van der Waals surface area (Å²) < 4.78 is 17.6. The fourth-order valence-corrected chi connectivity index (χ4v) is 3.63. The Hall–Kier alpha value is -2.56. The largest absolute Gasteiger partial charge is 0.606 e. The molecule has 0 aliphatic rings. The van der Waals surface area contributed by atoms with Crippen LogP contribution in [0.2, 0.25) is 0 Å². The van der Waals surface area contributed by atoms with Crippen molar-refractivity contribution in [3.63, 3.8) is 0 Å². The Morgan fingerprint density at radius 1 is 0.833 bits per heavy atom. The van der Waals surface area contributed by atoms with Gasteiger partial charge in [-0.25, -0.2) is 4.79 Å². The highest BCUT2D eigenvalue weighted by Crippen LogP contribution is 2.27. The summed E-state index contributed by atoms with van der Waals surface area (Å²) in [6.07, 6.45) is 0. The first-order valence-corrected chi connectivity index (χ1v) is 8.60. The van der Waals surface area contributed by atoms with Crippen molar-refractivity contribution >= 4 is 17.1 Å². The topological polar surface area (TPSA) is 49.4 Å². The maximum absolute atomic E-state index is 12.8. The van der Waals surface area contributed by atoms with E-state index in [1.807, 2.05) is 54.6 Å². The van der Waals surface area contributed by atoms with Gasteiger partial charge in [-0.3, -0.25) is 0 Å². The zero-order valence-corrected chi connectivity index (χ0v) is 14.0. The Kier molecular flexibility index (Phi) is 4.99. The molecular formula is C20H16O3S. The van der Waals surface area contributed by atoms with E-state index in [-0.39, 0.29) is 0 Å². The second-order valence-corrected chi connectivity index (χ2v) is 6.60. The van der Waals surface area contributed by atoms with Gasteiger partial charge in [-0.15, -0.1) is 0 Å². The van der Waals surface area contributed by atoms with Crippen LogP contribution in [0.4, 0.5) is 0 Å². The lowest BCUT2D eigenvalue weighted by molar-refractivity contribution is 0.0596. The fraction of sp³-hybridized carbons (Fsp3) is 0.0500. The van der Waals surface area contributed by atoms with Crippen LogP contribution in [0, 0.1) is 0 Å². The first kappa shape index (κ1) is 16.3. The second kappa shape index (κ2) is 7.34. The third-order valence-electron chi connectivity index (χ3n) is 3.67. The number of methoxy groups -OCH3 is 1. The van der Waals surface area contributed by atoms with Crippen molar-refractivity contribution in [3.8, 4) is 11.1 Å². The molecule has 0 radical (unpaired) electrons. The molecule has 0 bridgehead atoms. The van der Waals surface area contributed by atoms with E-state index in [9.17, 15) is 9.35 Å². The molecule has 3 aromatic rings. The molecular weight excluding hydrogens is 320 g/mol. The van der Waals surface area contributed by atoms with Crippen LogP contribution in [0.15, 0.2) is 88.7 Å². The van der Waals surface area contributed by atoms with Gasteiger partial charge in [-0.1, -0.05) is 42.5 Å².